The molecule has 3 rings (SSSR count). The molecule has 0 aromatic carbocycles. The van der Waals surface area contributed by atoms with E-state index in [0.717, 1.165) is 36.1 Å². The van der Waals surface area contributed by atoms with E-state index in [1.165, 1.54) is 21.6 Å². The van der Waals surface area contributed by atoms with Crippen LogP contribution in [0.25, 0.3) is 10.2 Å². The Bertz CT molecular complexity index is 653. The molecule has 1 unspecified atom stereocenters. The molecule has 1 aliphatic heterocycles. The van der Waals surface area contributed by atoms with Gasteiger partial charge in [-0.25, -0.2) is 9.97 Å². The predicted molar refractivity (Wildman–Crippen MR) is 93.6 cm³/mol. The zero-order valence-corrected chi connectivity index (χ0v) is 14.7. The standard InChI is InChI=1S/C15H22N4S2/c1-9-7-19(5-6-20-9)8-12-17-14(16-4)13-10(2)11(3)21-15(13)18-12/h9H,5-8H2,1-4H3,(H,16,17,18). The molecular formula is C15H22N4S2. The Labute approximate surface area is 134 Å². The average Bonchev–Trinajstić information content (AvgIpc) is 2.73. The third-order valence-corrected chi connectivity index (χ3v) is 6.24. The Morgan fingerprint density at radius 2 is 2.14 bits per heavy atom. The SMILES string of the molecule is CNc1nc(CN2CCSC(C)C2)nc2sc(C)c(C)c12. The van der Waals surface area contributed by atoms with Crippen molar-refractivity contribution in [3.8, 4) is 0 Å². The van der Waals surface area contributed by atoms with Gasteiger partial charge in [0.15, 0.2) is 0 Å². The van der Waals surface area contributed by atoms with E-state index in [-0.39, 0.29) is 0 Å². The van der Waals surface area contributed by atoms with Crippen molar-refractivity contribution in [3.05, 3.63) is 16.3 Å². The largest absolute Gasteiger partial charge is 0.372 e. The van der Waals surface area contributed by atoms with Gasteiger partial charge in [0.25, 0.3) is 0 Å². The number of nitrogens with zero attached hydrogens (tertiary/aromatic N) is 3. The topological polar surface area (TPSA) is 41.1 Å². The molecule has 0 radical (unpaired) electrons. The van der Waals surface area contributed by atoms with Gasteiger partial charge in [0.2, 0.25) is 0 Å². The van der Waals surface area contributed by atoms with Gasteiger partial charge in [-0.05, 0) is 19.4 Å². The van der Waals surface area contributed by atoms with E-state index < -0.39 is 0 Å². The zero-order valence-electron chi connectivity index (χ0n) is 13.1. The lowest BCUT2D eigenvalue weighted by molar-refractivity contribution is 0.272. The minimum absolute atomic E-state index is 0.706. The van der Waals surface area contributed by atoms with Gasteiger partial charge in [-0.3, -0.25) is 4.90 Å². The Morgan fingerprint density at radius 1 is 1.33 bits per heavy atom. The third-order valence-electron chi connectivity index (χ3n) is 4.00. The maximum atomic E-state index is 4.80. The summed E-state index contributed by atoms with van der Waals surface area (Å²) in [5.74, 6) is 3.11. The van der Waals surface area contributed by atoms with E-state index in [2.05, 4.69) is 42.7 Å². The molecule has 4 nitrogen and oxygen atoms in total. The lowest BCUT2D eigenvalue weighted by Gasteiger charge is -2.29. The van der Waals surface area contributed by atoms with Gasteiger partial charge in [-0.2, -0.15) is 11.8 Å². The van der Waals surface area contributed by atoms with Crippen molar-refractivity contribution in [1.29, 1.82) is 0 Å². The first kappa shape index (κ1) is 15.1. The first-order valence-corrected chi connectivity index (χ1v) is 9.23. The van der Waals surface area contributed by atoms with Crippen molar-refractivity contribution in [2.45, 2.75) is 32.6 Å². The van der Waals surface area contributed by atoms with E-state index in [1.807, 2.05) is 7.05 Å². The van der Waals surface area contributed by atoms with E-state index in [4.69, 9.17) is 9.97 Å². The van der Waals surface area contributed by atoms with E-state index in [0.29, 0.717) is 5.25 Å². The minimum Gasteiger partial charge on any atom is -0.372 e. The number of nitrogens with one attached hydrogen (secondary N) is 1. The Balaban J connectivity index is 1.92. The van der Waals surface area contributed by atoms with Gasteiger partial charge < -0.3 is 5.32 Å². The summed E-state index contributed by atoms with van der Waals surface area (Å²) in [5.41, 5.74) is 1.30. The van der Waals surface area contributed by atoms with Crippen molar-refractivity contribution < 1.29 is 0 Å². The summed E-state index contributed by atoms with van der Waals surface area (Å²) in [6.45, 7) is 9.72. The molecule has 0 bridgehead atoms. The van der Waals surface area contributed by atoms with Crippen LogP contribution in [0, 0.1) is 13.8 Å². The van der Waals surface area contributed by atoms with E-state index >= 15 is 0 Å². The number of aryl methyl sites for hydroxylation is 2. The number of fused-ring (bicyclic) bond motifs is 1. The molecule has 21 heavy (non-hydrogen) atoms. The maximum absolute atomic E-state index is 4.80. The molecule has 1 aliphatic rings. The smallest absolute Gasteiger partial charge is 0.146 e. The fourth-order valence-electron chi connectivity index (χ4n) is 2.78. The van der Waals surface area contributed by atoms with Crippen molar-refractivity contribution in [1.82, 2.24) is 14.9 Å². The van der Waals surface area contributed by atoms with Gasteiger partial charge in [0.1, 0.15) is 16.5 Å². The fourth-order valence-corrected chi connectivity index (χ4v) is 4.91. The van der Waals surface area contributed by atoms with E-state index in [9.17, 15) is 0 Å². The zero-order chi connectivity index (χ0) is 15.0. The molecule has 0 aliphatic carbocycles. The number of hydrogen-bond donors (Lipinski definition) is 1. The lowest BCUT2D eigenvalue weighted by atomic mass is 10.2. The van der Waals surface area contributed by atoms with Crippen LogP contribution in [-0.4, -0.2) is 46.0 Å². The van der Waals surface area contributed by atoms with Crippen LogP contribution in [0.1, 0.15) is 23.2 Å². The monoisotopic (exact) mass is 322 g/mol. The summed E-state index contributed by atoms with van der Waals surface area (Å²) in [5, 5.41) is 5.14. The molecule has 1 atom stereocenters. The highest BCUT2D eigenvalue weighted by Gasteiger charge is 2.19. The first-order valence-electron chi connectivity index (χ1n) is 7.36. The summed E-state index contributed by atoms with van der Waals surface area (Å²) in [4.78, 5) is 14.5. The van der Waals surface area contributed by atoms with Gasteiger partial charge >= 0.3 is 0 Å². The molecule has 0 saturated carbocycles. The molecule has 2 aromatic heterocycles. The number of aromatic nitrogens is 2. The van der Waals surface area contributed by atoms with Crippen molar-refractivity contribution in [2.24, 2.45) is 0 Å². The highest BCUT2D eigenvalue weighted by Crippen LogP contribution is 2.33. The summed E-state index contributed by atoms with van der Waals surface area (Å²) < 4.78 is 0. The third kappa shape index (κ3) is 3.03. The van der Waals surface area contributed by atoms with Crippen LogP contribution in [0.2, 0.25) is 0 Å². The van der Waals surface area contributed by atoms with Gasteiger partial charge in [0, 0.05) is 36.0 Å². The summed E-state index contributed by atoms with van der Waals surface area (Å²) in [6.07, 6.45) is 0. The molecule has 2 aromatic rings. The van der Waals surface area contributed by atoms with Crippen LogP contribution >= 0.6 is 23.1 Å². The van der Waals surface area contributed by atoms with Gasteiger partial charge in [-0.1, -0.05) is 6.92 Å². The van der Waals surface area contributed by atoms with E-state index in [1.54, 1.807) is 11.3 Å². The Morgan fingerprint density at radius 3 is 2.86 bits per heavy atom. The molecule has 114 valence electrons. The van der Waals surface area contributed by atoms with Gasteiger partial charge in [-0.15, -0.1) is 11.3 Å². The molecule has 6 heteroatoms. The van der Waals surface area contributed by atoms with Crippen molar-refractivity contribution in [3.63, 3.8) is 0 Å². The number of thiophene rings is 1. The molecule has 0 amide bonds. The highest BCUT2D eigenvalue weighted by atomic mass is 32.2. The van der Waals surface area contributed by atoms with Crippen molar-refractivity contribution in [2.75, 3.05) is 31.2 Å². The molecule has 1 fully saturated rings. The number of anilines is 1. The lowest BCUT2D eigenvalue weighted by Crippen LogP contribution is -2.36. The van der Waals surface area contributed by atoms with Crippen molar-refractivity contribution >= 4 is 39.1 Å². The van der Waals surface area contributed by atoms with Crippen LogP contribution in [0.5, 0.6) is 0 Å². The fraction of sp³-hybridized carbons (Fsp3) is 0.600. The summed E-state index contributed by atoms with van der Waals surface area (Å²) in [7, 11) is 1.94. The van der Waals surface area contributed by atoms with Crippen LogP contribution in [0.4, 0.5) is 5.82 Å². The predicted octanol–water partition coefficient (Wildman–Crippen LogP) is 3.29. The highest BCUT2D eigenvalue weighted by molar-refractivity contribution is 7.99. The normalized spacial score (nSPS) is 20.1. The Hall–Kier alpha value is -0.850. The van der Waals surface area contributed by atoms with Crippen LogP contribution in [-0.2, 0) is 6.54 Å². The average molecular weight is 323 g/mol. The quantitative estimate of drug-likeness (QED) is 0.939. The van der Waals surface area contributed by atoms with Gasteiger partial charge in [0.05, 0.1) is 11.9 Å². The first-order chi connectivity index (χ1) is 10.1. The number of thioether (sulfide) groups is 1. The summed E-state index contributed by atoms with van der Waals surface area (Å²) in [6, 6.07) is 0. The minimum atomic E-state index is 0.706. The molecular weight excluding hydrogens is 300 g/mol. The van der Waals surface area contributed by atoms with Crippen LogP contribution in [0.15, 0.2) is 0 Å². The Kier molecular flexibility index (Phi) is 4.38. The molecule has 1 saturated heterocycles. The molecule has 0 spiro atoms. The second-order valence-electron chi connectivity index (χ2n) is 5.62. The maximum Gasteiger partial charge on any atom is 0.146 e. The molecule has 3 heterocycles. The van der Waals surface area contributed by atoms with Crippen LogP contribution in [0.3, 0.4) is 0 Å². The second-order valence-corrected chi connectivity index (χ2v) is 8.37. The number of hydrogen-bond acceptors (Lipinski definition) is 6. The second kappa shape index (κ2) is 6.10. The van der Waals surface area contributed by atoms with Crippen LogP contribution < -0.4 is 5.32 Å². The summed E-state index contributed by atoms with van der Waals surface area (Å²) >= 11 is 3.83. The molecule has 1 N–H and O–H groups in total. The number of rotatable bonds is 3.